The van der Waals surface area contributed by atoms with Crippen molar-refractivity contribution in [2.24, 2.45) is 32.4 Å². The number of allylic oxidation sites excluding steroid dienone is 2. The molecule has 5 nitrogen and oxygen atoms in total. The summed E-state index contributed by atoms with van der Waals surface area (Å²) in [5.74, 6) is -1.34. The number of benzene rings is 1. The van der Waals surface area contributed by atoms with Gasteiger partial charge >= 0.3 is 0 Å². The summed E-state index contributed by atoms with van der Waals surface area (Å²) >= 11 is 0. The highest BCUT2D eigenvalue weighted by Gasteiger charge is 2.58. The van der Waals surface area contributed by atoms with Crippen LogP contribution < -0.4 is 0 Å². The molecule has 2 atom stereocenters. The molecule has 2 heterocycles. The Kier molecular flexibility index (Phi) is 6.36. The number of rotatable bonds is 6. The molecular formula is C27H33F2N3O2. The summed E-state index contributed by atoms with van der Waals surface area (Å²) in [7, 11) is 0. The molecule has 1 aliphatic carbocycles. The van der Waals surface area contributed by atoms with E-state index in [1.54, 1.807) is 6.08 Å². The van der Waals surface area contributed by atoms with Crippen molar-refractivity contribution in [2.45, 2.75) is 40.0 Å². The van der Waals surface area contributed by atoms with Crippen molar-refractivity contribution in [3.05, 3.63) is 66.4 Å². The lowest BCUT2D eigenvalue weighted by Crippen LogP contribution is -2.51. The van der Waals surface area contributed by atoms with Crippen LogP contribution in [0.4, 0.5) is 8.78 Å². The van der Waals surface area contributed by atoms with Gasteiger partial charge in [0.25, 0.3) is 0 Å². The summed E-state index contributed by atoms with van der Waals surface area (Å²) in [6, 6.07) is 3.67. The predicted octanol–water partition coefficient (Wildman–Crippen LogP) is 6.15. The summed E-state index contributed by atoms with van der Waals surface area (Å²) in [5, 5.41) is 7.76. The fourth-order valence-corrected chi connectivity index (χ4v) is 5.89. The maximum absolute atomic E-state index is 14.5. The summed E-state index contributed by atoms with van der Waals surface area (Å²) < 4.78 is 34.4. The highest BCUT2D eigenvalue weighted by atomic mass is 19.1. The largest absolute Gasteiger partial charge is 0.380 e. The molecule has 1 amide bonds. The number of likely N-dealkylation sites (tertiary alicyclic amines) is 1. The molecule has 7 heteroatoms. The zero-order valence-corrected chi connectivity index (χ0v) is 20.2. The summed E-state index contributed by atoms with van der Waals surface area (Å²) in [4.78, 5) is 15.8. The van der Waals surface area contributed by atoms with E-state index in [2.05, 4.69) is 37.2 Å². The Balaban J connectivity index is 1.60. The van der Waals surface area contributed by atoms with Crippen LogP contribution in [0.1, 0.15) is 45.6 Å². The van der Waals surface area contributed by atoms with E-state index >= 15 is 0 Å². The number of ether oxygens (including phenoxy) is 1. The van der Waals surface area contributed by atoms with Crippen LogP contribution in [0.2, 0.25) is 0 Å². The van der Waals surface area contributed by atoms with Gasteiger partial charge in [0.1, 0.15) is 11.6 Å². The van der Waals surface area contributed by atoms with Crippen molar-refractivity contribution < 1.29 is 18.3 Å². The maximum atomic E-state index is 14.5. The molecule has 1 spiro atoms. The molecule has 1 aromatic carbocycles. The number of hydrogen-bond acceptors (Lipinski definition) is 4. The SMILES string of the molecule is C=C/N=N\C(=C/C(=C)C1CC[C@](C)(C(=O)N2CCC3(COC3)C2)C1(C)C)c1c(F)cccc1F. The molecule has 2 aliphatic heterocycles. The molecule has 34 heavy (non-hydrogen) atoms. The molecule has 4 rings (SSSR count). The van der Waals surface area contributed by atoms with Gasteiger partial charge in [0, 0.05) is 24.7 Å². The second-order valence-corrected chi connectivity index (χ2v) is 10.7. The number of azo groups is 1. The molecule has 3 aliphatic rings. The van der Waals surface area contributed by atoms with E-state index < -0.39 is 22.5 Å². The topological polar surface area (TPSA) is 54.3 Å². The molecule has 3 fully saturated rings. The first kappa shape index (κ1) is 24.5. The van der Waals surface area contributed by atoms with Crippen LogP contribution in [0.25, 0.3) is 5.70 Å². The van der Waals surface area contributed by atoms with Crippen molar-refractivity contribution in [1.82, 2.24) is 4.90 Å². The molecule has 2 saturated heterocycles. The zero-order valence-electron chi connectivity index (χ0n) is 20.2. The third-order valence-corrected chi connectivity index (χ3v) is 8.48. The summed E-state index contributed by atoms with van der Waals surface area (Å²) in [6.45, 7) is 16.9. The molecule has 0 aromatic heterocycles. The van der Waals surface area contributed by atoms with Gasteiger partial charge in [-0.3, -0.25) is 4.79 Å². The van der Waals surface area contributed by atoms with Gasteiger partial charge in [0.05, 0.1) is 29.9 Å². The average Bonchev–Trinajstić information content (AvgIpc) is 3.31. The first-order chi connectivity index (χ1) is 16.0. The maximum Gasteiger partial charge on any atom is 0.229 e. The highest BCUT2D eigenvalue weighted by molar-refractivity contribution is 5.84. The molecular weight excluding hydrogens is 436 g/mol. The normalized spacial score (nSPS) is 27.9. The van der Waals surface area contributed by atoms with Crippen molar-refractivity contribution in [2.75, 3.05) is 26.3 Å². The van der Waals surface area contributed by atoms with Crippen molar-refractivity contribution in [3.8, 4) is 0 Å². The second kappa shape index (κ2) is 8.84. The number of nitrogens with zero attached hydrogens (tertiary/aromatic N) is 3. The molecule has 1 unspecified atom stereocenters. The molecule has 1 saturated carbocycles. The lowest BCUT2D eigenvalue weighted by Gasteiger charge is -2.44. The van der Waals surface area contributed by atoms with Crippen molar-refractivity contribution >= 4 is 11.6 Å². The predicted molar refractivity (Wildman–Crippen MR) is 128 cm³/mol. The number of halogens is 2. The number of amides is 1. The van der Waals surface area contributed by atoms with Crippen molar-refractivity contribution in [1.29, 1.82) is 0 Å². The van der Waals surface area contributed by atoms with Crippen LogP contribution in [-0.4, -0.2) is 37.1 Å². The van der Waals surface area contributed by atoms with Gasteiger partial charge < -0.3 is 9.64 Å². The molecule has 182 valence electrons. The van der Waals surface area contributed by atoms with E-state index in [4.69, 9.17) is 4.74 Å². The van der Waals surface area contributed by atoms with E-state index in [0.29, 0.717) is 12.0 Å². The minimum atomic E-state index is -0.726. The lowest BCUT2D eigenvalue weighted by atomic mass is 9.63. The summed E-state index contributed by atoms with van der Waals surface area (Å²) in [6.07, 6.45) is 5.25. The zero-order chi connectivity index (χ0) is 24.7. The smallest absolute Gasteiger partial charge is 0.229 e. The second-order valence-electron chi connectivity index (χ2n) is 10.7. The van der Waals surface area contributed by atoms with Gasteiger partial charge in [-0.2, -0.15) is 10.2 Å². The van der Waals surface area contributed by atoms with Crippen LogP contribution in [0.15, 0.2) is 59.4 Å². The van der Waals surface area contributed by atoms with Gasteiger partial charge in [-0.1, -0.05) is 40.0 Å². The van der Waals surface area contributed by atoms with Crippen LogP contribution in [0, 0.1) is 33.8 Å². The van der Waals surface area contributed by atoms with E-state index in [-0.39, 0.29) is 28.5 Å². The van der Waals surface area contributed by atoms with Crippen LogP contribution in [-0.2, 0) is 9.53 Å². The Bertz CT molecular complexity index is 1050. The van der Waals surface area contributed by atoms with Crippen molar-refractivity contribution in [3.63, 3.8) is 0 Å². The Morgan fingerprint density at radius 3 is 2.44 bits per heavy atom. The molecule has 0 radical (unpaired) electrons. The number of carbonyl (C=O) groups is 1. The minimum Gasteiger partial charge on any atom is -0.380 e. The standard InChI is InChI=1S/C27H33F2N3O2/c1-6-30-31-22(23-20(28)8-7-9-21(23)29)14-18(2)19-10-11-26(5,25(19,3)4)24(33)32-13-12-27(15-32)16-34-17-27/h6-9,14,19H,1-2,10-13,15-17H2,3-5H3/b22-14-,31-30-/t19?,26-/m1/s1. The van der Waals surface area contributed by atoms with E-state index in [9.17, 15) is 13.6 Å². The average molecular weight is 470 g/mol. The van der Waals surface area contributed by atoms with Gasteiger partial charge in [-0.25, -0.2) is 8.78 Å². The number of hydrogen-bond donors (Lipinski definition) is 0. The van der Waals surface area contributed by atoms with E-state index in [1.807, 2.05) is 11.8 Å². The minimum absolute atomic E-state index is 0.0442. The van der Waals surface area contributed by atoms with Crippen LogP contribution in [0.3, 0.4) is 0 Å². The van der Waals surface area contributed by atoms with Gasteiger partial charge in [-0.15, -0.1) is 0 Å². The Morgan fingerprint density at radius 1 is 1.21 bits per heavy atom. The van der Waals surface area contributed by atoms with E-state index in [0.717, 1.165) is 39.1 Å². The van der Waals surface area contributed by atoms with Gasteiger partial charge in [-0.05, 0) is 54.4 Å². The first-order valence-electron chi connectivity index (χ1n) is 11.8. The Morgan fingerprint density at radius 2 is 1.88 bits per heavy atom. The fraction of sp³-hybridized carbons (Fsp3) is 0.519. The van der Waals surface area contributed by atoms with Crippen LogP contribution >= 0.6 is 0 Å². The highest BCUT2D eigenvalue weighted by Crippen LogP contribution is 2.59. The summed E-state index contributed by atoms with van der Waals surface area (Å²) in [5.41, 5.74) is -0.395. The van der Waals surface area contributed by atoms with Gasteiger partial charge in [0.15, 0.2) is 0 Å². The fourth-order valence-electron chi connectivity index (χ4n) is 5.89. The Hall–Kier alpha value is -2.67. The van der Waals surface area contributed by atoms with Gasteiger partial charge in [0.2, 0.25) is 5.91 Å². The quantitative estimate of drug-likeness (QED) is 0.371. The molecule has 0 N–H and O–H groups in total. The lowest BCUT2D eigenvalue weighted by molar-refractivity contribution is -0.149. The third-order valence-electron chi connectivity index (χ3n) is 8.48. The van der Waals surface area contributed by atoms with E-state index in [1.165, 1.54) is 24.4 Å². The van der Waals surface area contributed by atoms with Crippen LogP contribution in [0.5, 0.6) is 0 Å². The Labute approximate surface area is 200 Å². The molecule has 1 aromatic rings. The number of carbonyl (C=O) groups excluding carboxylic acids is 1. The third kappa shape index (κ3) is 3.94. The molecule has 0 bridgehead atoms. The first-order valence-corrected chi connectivity index (χ1v) is 11.8. The monoisotopic (exact) mass is 469 g/mol.